The Balaban J connectivity index is 1.48. The average molecular weight is 472 g/mol. The minimum atomic E-state index is -0.601. The van der Waals surface area contributed by atoms with Gasteiger partial charge in [0, 0.05) is 11.5 Å². The number of aromatic nitrogens is 1. The molecule has 0 spiro atoms. The second-order valence-corrected chi connectivity index (χ2v) is 7.52. The van der Waals surface area contributed by atoms with Gasteiger partial charge in [-0.3, -0.25) is 4.79 Å². The molecule has 3 aromatic rings. The Kier molecular flexibility index (Phi) is 8.36. The van der Waals surface area contributed by atoms with Gasteiger partial charge in [-0.05, 0) is 48.0 Å². The van der Waals surface area contributed by atoms with Crippen molar-refractivity contribution in [3.63, 3.8) is 0 Å². The Labute approximate surface area is 193 Å². The Morgan fingerprint density at radius 1 is 1.09 bits per heavy atom. The highest BCUT2D eigenvalue weighted by molar-refractivity contribution is 7.09. The van der Waals surface area contributed by atoms with Crippen molar-refractivity contribution < 1.29 is 32.9 Å². The molecular formula is C23H21FN2O6S. The Morgan fingerprint density at radius 3 is 2.61 bits per heavy atom. The first kappa shape index (κ1) is 23.7. The van der Waals surface area contributed by atoms with Crippen molar-refractivity contribution in [2.45, 2.75) is 13.2 Å². The lowest BCUT2D eigenvalue weighted by Crippen LogP contribution is -2.20. The summed E-state index contributed by atoms with van der Waals surface area (Å²) >= 11 is 1.37. The normalized spacial score (nSPS) is 10.7. The number of methoxy groups -OCH3 is 1. The van der Waals surface area contributed by atoms with Crippen LogP contribution in [0.15, 0.2) is 53.9 Å². The second kappa shape index (κ2) is 11.6. The van der Waals surface area contributed by atoms with Crippen molar-refractivity contribution in [3.8, 4) is 17.2 Å². The summed E-state index contributed by atoms with van der Waals surface area (Å²) in [6.07, 6.45) is 2.84. The Bertz CT molecular complexity index is 1130. The number of hydrogen-bond acceptors (Lipinski definition) is 8. The molecule has 0 bridgehead atoms. The number of amides is 1. The molecule has 1 aromatic heterocycles. The highest BCUT2D eigenvalue weighted by Crippen LogP contribution is 2.28. The third-order valence-electron chi connectivity index (χ3n) is 4.11. The summed E-state index contributed by atoms with van der Waals surface area (Å²) in [5, 5.41) is 2.47. The van der Waals surface area contributed by atoms with Crippen LogP contribution in [-0.2, 0) is 27.5 Å². The lowest BCUT2D eigenvalue weighted by molar-refractivity contribution is -0.139. The first-order valence-corrected chi connectivity index (χ1v) is 10.6. The Morgan fingerprint density at radius 2 is 1.88 bits per heavy atom. The van der Waals surface area contributed by atoms with Crippen LogP contribution in [0.4, 0.5) is 4.39 Å². The molecule has 0 atom stereocenters. The number of carbonyl (C=O) groups excluding carboxylic acids is 2. The van der Waals surface area contributed by atoms with E-state index in [1.807, 2.05) is 0 Å². The summed E-state index contributed by atoms with van der Waals surface area (Å²) in [7, 11) is 1.46. The predicted octanol–water partition coefficient (Wildman–Crippen LogP) is 3.49. The number of nitrogens with two attached hydrogens (primary N) is 1. The monoisotopic (exact) mass is 472 g/mol. The van der Waals surface area contributed by atoms with E-state index in [1.54, 1.807) is 29.7 Å². The minimum absolute atomic E-state index is 0.0133. The zero-order valence-corrected chi connectivity index (χ0v) is 18.5. The van der Waals surface area contributed by atoms with E-state index in [4.69, 9.17) is 24.7 Å². The van der Waals surface area contributed by atoms with Crippen LogP contribution in [0.5, 0.6) is 17.2 Å². The summed E-state index contributed by atoms with van der Waals surface area (Å²) in [5.74, 6) is -0.186. The van der Waals surface area contributed by atoms with Crippen molar-refractivity contribution in [3.05, 3.63) is 76.0 Å². The van der Waals surface area contributed by atoms with Crippen molar-refractivity contribution in [1.82, 2.24) is 4.98 Å². The van der Waals surface area contributed by atoms with Gasteiger partial charge in [-0.2, -0.15) is 0 Å². The summed E-state index contributed by atoms with van der Waals surface area (Å²) in [6.45, 7) is -0.0286. The maximum absolute atomic E-state index is 12.9. The van der Waals surface area contributed by atoms with Gasteiger partial charge in [-0.25, -0.2) is 14.2 Å². The SMILES string of the molecule is COc1cc(/C=C/C(=O)OCc2csc(COc3ccc(F)cc3)n2)ccc1OCC(N)=O. The predicted molar refractivity (Wildman–Crippen MR) is 119 cm³/mol. The molecule has 2 aromatic carbocycles. The molecule has 0 aliphatic rings. The van der Waals surface area contributed by atoms with E-state index in [9.17, 15) is 14.0 Å². The molecule has 2 N–H and O–H groups in total. The molecule has 0 aliphatic carbocycles. The molecule has 0 saturated heterocycles. The van der Waals surface area contributed by atoms with E-state index in [1.165, 1.54) is 48.8 Å². The van der Waals surface area contributed by atoms with Crippen molar-refractivity contribution in [1.29, 1.82) is 0 Å². The van der Waals surface area contributed by atoms with Crippen LogP contribution in [0.25, 0.3) is 6.08 Å². The van der Waals surface area contributed by atoms with E-state index in [0.29, 0.717) is 33.5 Å². The van der Waals surface area contributed by atoms with Crippen LogP contribution in [-0.4, -0.2) is 30.6 Å². The molecule has 1 heterocycles. The van der Waals surface area contributed by atoms with Gasteiger partial charge in [-0.1, -0.05) is 6.07 Å². The molecule has 0 fully saturated rings. The molecule has 0 radical (unpaired) electrons. The third kappa shape index (κ3) is 7.62. The lowest BCUT2D eigenvalue weighted by Gasteiger charge is -2.09. The van der Waals surface area contributed by atoms with Gasteiger partial charge in [0.2, 0.25) is 0 Å². The number of primary amides is 1. The fourth-order valence-corrected chi connectivity index (χ4v) is 3.26. The number of esters is 1. The minimum Gasteiger partial charge on any atom is -0.493 e. The molecule has 0 aliphatic heterocycles. The molecule has 0 saturated carbocycles. The standard InChI is InChI=1S/C23H21FN2O6S/c1-29-20-10-15(2-8-19(20)31-12-21(25)27)3-9-23(28)32-11-17-14-33-22(26-17)13-30-18-6-4-16(24)5-7-18/h2-10,14H,11-13H2,1H3,(H2,25,27)/b9-3+. The number of ether oxygens (including phenoxy) is 4. The maximum Gasteiger partial charge on any atom is 0.331 e. The summed E-state index contributed by atoms with van der Waals surface area (Å²) in [4.78, 5) is 27.2. The van der Waals surface area contributed by atoms with Crippen LogP contribution in [0.3, 0.4) is 0 Å². The van der Waals surface area contributed by atoms with Crippen molar-refractivity contribution >= 4 is 29.3 Å². The zero-order chi connectivity index (χ0) is 23.6. The van der Waals surface area contributed by atoms with Gasteiger partial charge in [0.15, 0.2) is 18.1 Å². The fourth-order valence-electron chi connectivity index (χ4n) is 2.57. The highest BCUT2D eigenvalue weighted by atomic mass is 32.1. The van der Waals surface area contributed by atoms with E-state index < -0.39 is 11.9 Å². The summed E-state index contributed by atoms with van der Waals surface area (Å²) in [6, 6.07) is 10.7. The molecule has 10 heteroatoms. The maximum atomic E-state index is 12.9. The lowest BCUT2D eigenvalue weighted by atomic mass is 10.2. The molecule has 33 heavy (non-hydrogen) atoms. The van der Waals surface area contributed by atoms with Crippen molar-refractivity contribution in [2.75, 3.05) is 13.7 Å². The summed E-state index contributed by atoms with van der Waals surface area (Å²) in [5.41, 5.74) is 6.33. The molecule has 0 unspecified atom stereocenters. The smallest absolute Gasteiger partial charge is 0.331 e. The van der Waals surface area contributed by atoms with Gasteiger partial charge in [0.25, 0.3) is 5.91 Å². The van der Waals surface area contributed by atoms with Crippen molar-refractivity contribution in [2.24, 2.45) is 5.73 Å². The third-order valence-corrected chi connectivity index (χ3v) is 4.98. The number of benzene rings is 2. The van der Waals surface area contributed by atoms with Crippen LogP contribution < -0.4 is 19.9 Å². The number of hydrogen-bond donors (Lipinski definition) is 1. The van der Waals surface area contributed by atoms with Gasteiger partial charge in [-0.15, -0.1) is 11.3 Å². The molecule has 8 nitrogen and oxygen atoms in total. The van der Waals surface area contributed by atoms with Crippen LogP contribution in [0.1, 0.15) is 16.3 Å². The van der Waals surface area contributed by atoms with E-state index in [2.05, 4.69) is 4.98 Å². The first-order valence-electron chi connectivity index (χ1n) is 9.68. The Hall–Kier alpha value is -3.92. The average Bonchev–Trinajstić information content (AvgIpc) is 3.27. The molecule has 1 amide bonds. The molecule has 172 valence electrons. The topological polar surface area (TPSA) is 110 Å². The number of rotatable bonds is 11. The van der Waals surface area contributed by atoms with Gasteiger partial charge in [0.1, 0.15) is 29.8 Å². The van der Waals surface area contributed by atoms with Gasteiger partial charge < -0.3 is 24.7 Å². The highest BCUT2D eigenvalue weighted by Gasteiger charge is 2.08. The number of nitrogens with zero attached hydrogens (tertiary/aromatic N) is 1. The quantitative estimate of drug-likeness (QED) is 0.336. The number of thiazole rings is 1. The van der Waals surface area contributed by atoms with E-state index in [0.717, 1.165) is 0 Å². The molecular weight excluding hydrogens is 451 g/mol. The molecule has 3 rings (SSSR count). The second-order valence-electron chi connectivity index (χ2n) is 6.58. The first-order chi connectivity index (χ1) is 15.9. The number of halogens is 1. The van der Waals surface area contributed by atoms with E-state index in [-0.39, 0.29) is 25.6 Å². The van der Waals surface area contributed by atoms with Crippen LogP contribution in [0, 0.1) is 5.82 Å². The van der Waals surface area contributed by atoms with Crippen LogP contribution in [0.2, 0.25) is 0 Å². The zero-order valence-electron chi connectivity index (χ0n) is 17.7. The summed E-state index contributed by atoms with van der Waals surface area (Å²) < 4.78 is 34.2. The van der Waals surface area contributed by atoms with Gasteiger partial charge >= 0.3 is 5.97 Å². The fraction of sp³-hybridized carbons (Fsp3) is 0.174. The van der Waals surface area contributed by atoms with E-state index >= 15 is 0 Å². The number of carbonyl (C=O) groups is 2. The van der Waals surface area contributed by atoms with Crippen LogP contribution >= 0.6 is 11.3 Å². The largest absolute Gasteiger partial charge is 0.493 e. The van der Waals surface area contributed by atoms with Gasteiger partial charge in [0.05, 0.1) is 12.8 Å².